The van der Waals surface area contributed by atoms with Gasteiger partial charge in [-0.3, -0.25) is 0 Å². The van der Waals surface area contributed by atoms with E-state index in [1.54, 1.807) is 7.11 Å². The molecule has 0 heterocycles. The predicted molar refractivity (Wildman–Crippen MR) is 83.5 cm³/mol. The SMILES string of the molecule is CCCCCCCCCC(CCCC)(OC)OCC. The molecule has 0 saturated carbocycles. The maximum Gasteiger partial charge on any atom is 0.167 e. The van der Waals surface area contributed by atoms with Gasteiger partial charge in [0, 0.05) is 26.6 Å². The molecule has 0 aromatic rings. The van der Waals surface area contributed by atoms with E-state index in [9.17, 15) is 0 Å². The van der Waals surface area contributed by atoms with Gasteiger partial charge in [0.2, 0.25) is 0 Å². The van der Waals surface area contributed by atoms with Crippen LogP contribution in [0, 0.1) is 0 Å². The van der Waals surface area contributed by atoms with Gasteiger partial charge >= 0.3 is 0 Å². The van der Waals surface area contributed by atoms with Crippen molar-refractivity contribution in [3.05, 3.63) is 0 Å². The summed E-state index contributed by atoms with van der Waals surface area (Å²) in [5, 5.41) is 0. The van der Waals surface area contributed by atoms with E-state index < -0.39 is 0 Å². The van der Waals surface area contributed by atoms with Gasteiger partial charge in [-0.25, -0.2) is 0 Å². The zero-order chi connectivity index (χ0) is 14.4. The van der Waals surface area contributed by atoms with Crippen LogP contribution in [0.3, 0.4) is 0 Å². The van der Waals surface area contributed by atoms with Crippen molar-refractivity contribution >= 4 is 0 Å². The van der Waals surface area contributed by atoms with Gasteiger partial charge in [0.05, 0.1) is 0 Å². The Hall–Kier alpha value is -0.0800. The zero-order valence-electron chi connectivity index (χ0n) is 13.8. The molecule has 0 bridgehead atoms. The van der Waals surface area contributed by atoms with E-state index in [2.05, 4.69) is 20.8 Å². The van der Waals surface area contributed by atoms with E-state index in [0.29, 0.717) is 0 Å². The Morgan fingerprint density at radius 2 is 1.21 bits per heavy atom. The summed E-state index contributed by atoms with van der Waals surface area (Å²) in [7, 11) is 1.80. The molecule has 2 nitrogen and oxygen atoms in total. The summed E-state index contributed by atoms with van der Waals surface area (Å²) < 4.78 is 11.6. The molecule has 1 atom stereocenters. The van der Waals surface area contributed by atoms with Crippen LogP contribution >= 0.6 is 0 Å². The second-order valence-corrected chi connectivity index (χ2v) is 5.52. The van der Waals surface area contributed by atoms with Crippen molar-refractivity contribution in [1.29, 1.82) is 0 Å². The van der Waals surface area contributed by atoms with Crippen molar-refractivity contribution in [2.24, 2.45) is 0 Å². The highest BCUT2D eigenvalue weighted by Gasteiger charge is 2.28. The Kier molecular flexibility index (Phi) is 12.9. The van der Waals surface area contributed by atoms with Gasteiger partial charge in [0.1, 0.15) is 0 Å². The maximum absolute atomic E-state index is 5.90. The first-order valence-electron chi connectivity index (χ1n) is 8.43. The predicted octanol–water partition coefficient (Wildman–Crippen LogP) is 5.70. The van der Waals surface area contributed by atoms with Crippen molar-refractivity contribution < 1.29 is 9.47 Å². The van der Waals surface area contributed by atoms with E-state index in [0.717, 1.165) is 19.4 Å². The van der Waals surface area contributed by atoms with Gasteiger partial charge in [-0.15, -0.1) is 0 Å². The van der Waals surface area contributed by atoms with Crippen LogP contribution in [0.1, 0.15) is 91.4 Å². The van der Waals surface area contributed by atoms with E-state index in [1.165, 1.54) is 57.8 Å². The van der Waals surface area contributed by atoms with E-state index >= 15 is 0 Å². The third-order valence-corrected chi connectivity index (χ3v) is 3.85. The third kappa shape index (κ3) is 9.45. The van der Waals surface area contributed by atoms with E-state index in [4.69, 9.17) is 9.47 Å². The number of hydrogen-bond donors (Lipinski definition) is 0. The van der Waals surface area contributed by atoms with E-state index in [1.807, 2.05) is 0 Å². The summed E-state index contributed by atoms with van der Waals surface area (Å²) in [6.07, 6.45) is 13.9. The lowest BCUT2D eigenvalue weighted by Gasteiger charge is -2.32. The lowest BCUT2D eigenvalue weighted by atomic mass is 10.00. The number of ether oxygens (including phenoxy) is 2. The molecule has 19 heavy (non-hydrogen) atoms. The summed E-state index contributed by atoms with van der Waals surface area (Å²) >= 11 is 0. The third-order valence-electron chi connectivity index (χ3n) is 3.85. The average Bonchev–Trinajstić information content (AvgIpc) is 2.43. The van der Waals surface area contributed by atoms with Crippen molar-refractivity contribution in [3.63, 3.8) is 0 Å². The molecule has 0 aliphatic carbocycles. The van der Waals surface area contributed by atoms with Crippen molar-refractivity contribution in [3.8, 4) is 0 Å². The lowest BCUT2D eigenvalue weighted by Crippen LogP contribution is -2.35. The van der Waals surface area contributed by atoms with Gasteiger partial charge in [0.15, 0.2) is 5.79 Å². The normalized spacial score (nSPS) is 14.5. The first kappa shape index (κ1) is 18.9. The molecule has 2 heteroatoms. The maximum atomic E-state index is 5.90. The van der Waals surface area contributed by atoms with Crippen LogP contribution in [-0.4, -0.2) is 19.5 Å². The summed E-state index contributed by atoms with van der Waals surface area (Å²) in [6, 6.07) is 0. The van der Waals surface area contributed by atoms with Gasteiger partial charge in [-0.05, 0) is 19.8 Å². The quantitative estimate of drug-likeness (QED) is 0.298. The lowest BCUT2D eigenvalue weighted by molar-refractivity contribution is -0.229. The first-order chi connectivity index (χ1) is 9.24. The molecule has 0 saturated heterocycles. The van der Waals surface area contributed by atoms with Crippen LogP contribution in [0.2, 0.25) is 0 Å². The molecular formula is C17H36O2. The number of methoxy groups -OCH3 is 1. The van der Waals surface area contributed by atoms with Crippen LogP contribution in [0.5, 0.6) is 0 Å². The van der Waals surface area contributed by atoms with Gasteiger partial charge in [0.25, 0.3) is 0 Å². The molecule has 0 spiro atoms. The Morgan fingerprint density at radius 1 is 0.684 bits per heavy atom. The average molecular weight is 272 g/mol. The summed E-state index contributed by atoms with van der Waals surface area (Å²) in [6.45, 7) is 7.29. The molecular weight excluding hydrogens is 236 g/mol. The van der Waals surface area contributed by atoms with Crippen molar-refractivity contribution in [1.82, 2.24) is 0 Å². The molecule has 0 N–H and O–H groups in total. The molecule has 0 aliphatic heterocycles. The highest BCUT2D eigenvalue weighted by molar-refractivity contribution is 4.70. The molecule has 0 fully saturated rings. The van der Waals surface area contributed by atoms with Crippen LogP contribution in [-0.2, 0) is 9.47 Å². The summed E-state index contributed by atoms with van der Waals surface area (Å²) in [5.41, 5.74) is 0. The second-order valence-electron chi connectivity index (χ2n) is 5.52. The standard InChI is InChI=1S/C17H36O2/c1-5-8-10-11-12-13-14-16-17(18-4,19-7-3)15-9-6-2/h5-16H2,1-4H3. The van der Waals surface area contributed by atoms with Crippen LogP contribution in [0.4, 0.5) is 0 Å². The van der Waals surface area contributed by atoms with Gasteiger partial charge < -0.3 is 9.47 Å². The monoisotopic (exact) mass is 272 g/mol. The van der Waals surface area contributed by atoms with Crippen LogP contribution < -0.4 is 0 Å². The smallest absolute Gasteiger partial charge is 0.167 e. The first-order valence-corrected chi connectivity index (χ1v) is 8.43. The zero-order valence-corrected chi connectivity index (χ0v) is 13.8. The topological polar surface area (TPSA) is 18.5 Å². The molecule has 0 rings (SSSR count). The molecule has 116 valence electrons. The fourth-order valence-electron chi connectivity index (χ4n) is 2.59. The minimum absolute atomic E-state index is 0.311. The fraction of sp³-hybridized carbons (Fsp3) is 1.00. The number of hydrogen-bond acceptors (Lipinski definition) is 2. The fourth-order valence-corrected chi connectivity index (χ4v) is 2.59. The van der Waals surface area contributed by atoms with Gasteiger partial charge in [-0.1, -0.05) is 58.8 Å². The molecule has 0 aromatic carbocycles. The van der Waals surface area contributed by atoms with Crippen LogP contribution in [0.25, 0.3) is 0 Å². The second kappa shape index (κ2) is 12.9. The Balaban J connectivity index is 3.84. The van der Waals surface area contributed by atoms with Crippen LogP contribution in [0.15, 0.2) is 0 Å². The summed E-state index contributed by atoms with van der Waals surface area (Å²) in [4.78, 5) is 0. The highest BCUT2D eigenvalue weighted by atomic mass is 16.7. The van der Waals surface area contributed by atoms with Crippen molar-refractivity contribution in [2.75, 3.05) is 13.7 Å². The van der Waals surface area contributed by atoms with Crippen molar-refractivity contribution in [2.45, 2.75) is 97.2 Å². The Morgan fingerprint density at radius 3 is 1.74 bits per heavy atom. The molecule has 0 amide bonds. The highest BCUT2D eigenvalue weighted by Crippen LogP contribution is 2.27. The minimum atomic E-state index is -0.311. The number of rotatable bonds is 14. The molecule has 0 radical (unpaired) electrons. The van der Waals surface area contributed by atoms with E-state index in [-0.39, 0.29) is 5.79 Å². The molecule has 0 aliphatic rings. The Bertz CT molecular complexity index is 182. The molecule has 0 aromatic heterocycles. The summed E-state index contributed by atoms with van der Waals surface area (Å²) in [5.74, 6) is -0.311. The van der Waals surface area contributed by atoms with Gasteiger partial charge in [-0.2, -0.15) is 0 Å². The Labute approximate surface area is 121 Å². The minimum Gasteiger partial charge on any atom is -0.353 e. The number of unbranched alkanes of at least 4 members (excludes halogenated alkanes) is 7. The largest absolute Gasteiger partial charge is 0.353 e. The molecule has 1 unspecified atom stereocenters.